The number of β-lactam (4-membered cyclic amide) rings is 1. The Bertz CT molecular complexity index is 1270. The third kappa shape index (κ3) is 4.73. The number of amides is 2. The van der Waals surface area contributed by atoms with Crippen LogP contribution in [0.1, 0.15) is 34.3 Å². The molecule has 180 valence electrons. The van der Waals surface area contributed by atoms with Crippen molar-refractivity contribution in [2.45, 2.75) is 24.5 Å². The number of hydrogen-bond acceptors (Lipinski definition) is 3. The lowest BCUT2D eigenvalue weighted by Gasteiger charge is -2.51. The van der Waals surface area contributed by atoms with E-state index in [1.165, 1.54) is 0 Å². The summed E-state index contributed by atoms with van der Waals surface area (Å²) in [6, 6.07) is 36.0. The van der Waals surface area contributed by atoms with Crippen LogP contribution in [0.5, 0.6) is 5.75 Å². The van der Waals surface area contributed by atoms with Gasteiger partial charge in [-0.15, -0.1) is 0 Å². The van der Waals surface area contributed by atoms with Crippen molar-refractivity contribution in [3.63, 3.8) is 0 Å². The van der Waals surface area contributed by atoms with E-state index in [1.807, 2.05) is 120 Å². The summed E-state index contributed by atoms with van der Waals surface area (Å²) < 4.78 is 5.34. The molecule has 36 heavy (non-hydrogen) atoms. The fraction of sp³-hybridized carbons (Fsp3) is 0.161. The number of nitrogens with zero attached hydrogens (tertiary/aromatic N) is 1. The zero-order valence-electron chi connectivity index (χ0n) is 20.1. The molecule has 4 aromatic rings. The van der Waals surface area contributed by atoms with Gasteiger partial charge >= 0.3 is 0 Å². The van der Waals surface area contributed by atoms with Crippen LogP contribution in [0.3, 0.4) is 0 Å². The Morgan fingerprint density at radius 1 is 0.806 bits per heavy atom. The number of likely N-dealkylation sites (tertiary alicyclic amines) is 1. The zero-order chi connectivity index (χ0) is 24.9. The second kappa shape index (κ2) is 10.5. The topological polar surface area (TPSA) is 58.6 Å². The molecule has 1 N–H and O–H groups in total. The van der Waals surface area contributed by atoms with Crippen molar-refractivity contribution >= 4 is 11.8 Å². The van der Waals surface area contributed by atoms with E-state index in [-0.39, 0.29) is 30.3 Å². The molecule has 0 aliphatic carbocycles. The van der Waals surface area contributed by atoms with Crippen LogP contribution in [0.25, 0.3) is 0 Å². The molecule has 0 radical (unpaired) electrons. The molecule has 0 aromatic heterocycles. The molecule has 0 saturated carbocycles. The molecule has 0 spiro atoms. The highest BCUT2D eigenvalue weighted by Gasteiger charge is 2.52. The third-order valence-corrected chi connectivity index (χ3v) is 6.63. The normalized spacial score (nSPS) is 16.9. The molecule has 5 heteroatoms. The fourth-order valence-electron chi connectivity index (χ4n) is 4.88. The van der Waals surface area contributed by atoms with Gasteiger partial charge in [0.25, 0.3) is 0 Å². The number of methoxy groups -OCH3 is 1. The standard InChI is InChI=1S/C31H28N2O3/c1-36-26-19-17-25(18-20-26)30-28(32-27(34)21-22-11-5-2-6-12-22)31(35)33(30)29(23-13-7-3-8-14-23)24-15-9-4-10-16-24/h2-20,28-30H,21H2,1H3,(H,32,34)/t28-,30+/m1/s1. The largest absolute Gasteiger partial charge is 0.497 e. The van der Waals surface area contributed by atoms with Crippen LogP contribution in [0.15, 0.2) is 115 Å². The second-order valence-electron chi connectivity index (χ2n) is 8.89. The fourth-order valence-corrected chi connectivity index (χ4v) is 4.88. The summed E-state index contributed by atoms with van der Waals surface area (Å²) in [4.78, 5) is 28.6. The number of benzene rings is 4. The van der Waals surface area contributed by atoms with Gasteiger partial charge in [-0.2, -0.15) is 0 Å². The summed E-state index contributed by atoms with van der Waals surface area (Å²) in [5.74, 6) is 0.465. The molecule has 2 atom stereocenters. The van der Waals surface area contributed by atoms with E-state index < -0.39 is 6.04 Å². The van der Waals surface area contributed by atoms with Crippen LogP contribution in [0.2, 0.25) is 0 Å². The summed E-state index contributed by atoms with van der Waals surface area (Å²) in [5.41, 5.74) is 3.89. The molecule has 4 aromatic carbocycles. The quantitative estimate of drug-likeness (QED) is 0.360. The van der Waals surface area contributed by atoms with E-state index in [4.69, 9.17) is 4.74 Å². The Kier molecular flexibility index (Phi) is 6.80. The first kappa shape index (κ1) is 23.4. The summed E-state index contributed by atoms with van der Waals surface area (Å²) >= 11 is 0. The van der Waals surface area contributed by atoms with Crippen molar-refractivity contribution in [3.8, 4) is 5.75 Å². The number of carbonyl (C=O) groups is 2. The Labute approximate surface area is 211 Å². The van der Waals surface area contributed by atoms with E-state index >= 15 is 0 Å². The predicted octanol–water partition coefficient (Wildman–Crippen LogP) is 5.10. The second-order valence-corrected chi connectivity index (χ2v) is 8.89. The summed E-state index contributed by atoms with van der Waals surface area (Å²) in [6.45, 7) is 0. The van der Waals surface area contributed by atoms with E-state index in [0.29, 0.717) is 0 Å². The molecule has 5 rings (SSSR count). The highest BCUT2D eigenvalue weighted by Crippen LogP contribution is 2.44. The highest BCUT2D eigenvalue weighted by molar-refractivity contribution is 5.95. The molecule has 2 amide bonds. The summed E-state index contributed by atoms with van der Waals surface area (Å²) in [7, 11) is 1.63. The van der Waals surface area contributed by atoms with Crippen molar-refractivity contribution < 1.29 is 14.3 Å². The van der Waals surface area contributed by atoms with E-state index in [9.17, 15) is 9.59 Å². The minimum Gasteiger partial charge on any atom is -0.497 e. The smallest absolute Gasteiger partial charge is 0.249 e. The number of nitrogens with one attached hydrogen (secondary N) is 1. The van der Waals surface area contributed by atoms with E-state index in [2.05, 4.69) is 5.32 Å². The van der Waals surface area contributed by atoms with Crippen molar-refractivity contribution in [1.29, 1.82) is 0 Å². The van der Waals surface area contributed by atoms with Crippen LogP contribution < -0.4 is 10.1 Å². The molecule has 1 heterocycles. The van der Waals surface area contributed by atoms with Gasteiger partial charge in [0, 0.05) is 0 Å². The summed E-state index contributed by atoms with van der Waals surface area (Å²) in [5, 5.41) is 3.02. The van der Waals surface area contributed by atoms with Crippen molar-refractivity contribution in [1.82, 2.24) is 10.2 Å². The number of ether oxygens (including phenoxy) is 1. The lowest BCUT2D eigenvalue weighted by atomic mass is 9.83. The monoisotopic (exact) mass is 476 g/mol. The molecular weight excluding hydrogens is 448 g/mol. The zero-order valence-corrected chi connectivity index (χ0v) is 20.1. The maximum Gasteiger partial charge on any atom is 0.249 e. The Morgan fingerprint density at radius 2 is 1.33 bits per heavy atom. The minimum atomic E-state index is -0.649. The Hall–Kier alpha value is -4.38. The van der Waals surface area contributed by atoms with Gasteiger partial charge in [-0.3, -0.25) is 9.59 Å². The predicted molar refractivity (Wildman–Crippen MR) is 139 cm³/mol. The Balaban J connectivity index is 1.50. The van der Waals surface area contributed by atoms with Crippen LogP contribution in [0, 0.1) is 0 Å². The van der Waals surface area contributed by atoms with Crippen molar-refractivity contribution in [2.75, 3.05) is 7.11 Å². The first-order valence-electron chi connectivity index (χ1n) is 12.0. The number of carbonyl (C=O) groups excluding carboxylic acids is 2. The van der Waals surface area contributed by atoms with Crippen LogP contribution in [-0.2, 0) is 16.0 Å². The highest BCUT2D eigenvalue weighted by atomic mass is 16.5. The molecule has 1 saturated heterocycles. The molecule has 1 fully saturated rings. The average Bonchev–Trinajstić information content (AvgIpc) is 2.94. The first-order chi connectivity index (χ1) is 17.7. The van der Waals surface area contributed by atoms with Crippen LogP contribution in [-0.4, -0.2) is 29.9 Å². The molecule has 1 aliphatic heterocycles. The van der Waals surface area contributed by atoms with E-state index in [0.717, 1.165) is 28.0 Å². The SMILES string of the molecule is COc1ccc([C@H]2[C@@H](NC(=O)Cc3ccccc3)C(=O)N2C(c2ccccc2)c2ccccc2)cc1. The maximum atomic E-state index is 13.7. The van der Waals surface area contributed by atoms with Crippen molar-refractivity contribution in [2.24, 2.45) is 0 Å². The molecule has 0 unspecified atom stereocenters. The molecule has 0 bridgehead atoms. The van der Waals surface area contributed by atoms with Gasteiger partial charge in [0.05, 0.1) is 25.6 Å². The number of hydrogen-bond donors (Lipinski definition) is 1. The van der Waals surface area contributed by atoms with E-state index in [1.54, 1.807) is 7.11 Å². The van der Waals surface area contributed by atoms with Gasteiger partial charge in [0.2, 0.25) is 11.8 Å². The van der Waals surface area contributed by atoms with Crippen molar-refractivity contribution in [3.05, 3.63) is 138 Å². The van der Waals surface area contributed by atoms with Gasteiger partial charge in [-0.1, -0.05) is 103 Å². The first-order valence-corrected chi connectivity index (χ1v) is 12.0. The number of rotatable bonds is 8. The van der Waals surface area contributed by atoms with Crippen LogP contribution >= 0.6 is 0 Å². The lowest BCUT2D eigenvalue weighted by Crippen LogP contribution is -2.66. The summed E-state index contributed by atoms with van der Waals surface area (Å²) in [6.07, 6.45) is 0.223. The molecule has 5 nitrogen and oxygen atoms in total. The lowest BCUT2D eigenvalue weighted by molar-refractivity contribution is -0.157. The van der Waals surface area contributed by atoms with Crippen LogP contribution in [0.4, 0.5) is 0 Å². The third-order valence-electron chi connectivity index (χ3n) is 6.63. The van der Waals surface area contributed by atoms with Gasteiger partial charge in [0.15, 0.2) is 0 Å². The minimum absolute atomic E-state index is 0.102. The Morgan fingerprint density at radius 3 is 1.86 bits per heavy atom. The maximum absolute atomic E-state index is 13.7. The van der Waals surface area contributed by atoms with Gasteiger partial charge in [-0.05, 0) is 34.4 Å². The molecule has 1 aliphatic rings. The van der Waals surface area contributed by atoms with Gasteiger partial charge in [0.1, 0.15) is 11.8 Å². The van der Waals surface area contributed by atoms with Gasteiger partial charge < -0.3 is 15.0 Å². The van der Waals surface area contributed by atoms with Gasteiger partial charge in [-0.25, -0.2) is 0 Å². The molecular formula is C31H28N2O3. The average molecular weight is 477 g/mol.